The molecule has 8 nitrogen and oxygen atoms in total. The van der Waals surface area contributed by atoms with Gasteiger partial charge in [-0.05, 0) is 74.4 Å². The molecule has 35 heavy (non-hydrogen) atoms. The number of halogens is 3. The average Bonchev–Trinajstić information content (AvgIpc) is 3.19. The maximum Gasteiger partial charge on any atom is 0.573 e. The number of nitrogen functional groups attached to an aromatic ring is 1. The first-order chi connectivity index (χ1) is 16.6. The standard InChI is InChI=1S/C24H28F3N5O3/c1-13(22(33)32-19-7-6-18-17(19)5-8-21(28)31-18)30-23(34)20-12-15(9-10-29-20)14-3-2-4-16(11-14)35-24(25,26)27/h2-5,8,11,13,15,19-20,29H,6-7,9-10,12H2,1H3,(H2,28,31)(H,30,34)(H,32,33)/t13-,15-,19?,20+/m0/s1. The summed E-state index contributed by atoms with van der Waals surface area (Å²) in [5.41, 5.74) is 8.20. The predicted molar refractivity (Wildman–Crippen MR) is 122 cm³/mol. The molecule has 188 valence electrons. The molecule has 1 aliphatic carbocycles. The molecular formula is C24H28F3N5O3. The van der Waals surface area contributed by atoms with Crippen molar-refractivity contribution in [2.45, 2.75) is 63.0 Å². The first-order valence-corrected chi connectivity index (χ1v) is 11.5. The summed E-state index contributed by atoms with van der Waals surface area (Å²) < 4.78 is 41.7. The van der Waals surface area contributed by atoms with Gasteiger partial charge < -0.3 is 26.4 Å². The van der Waals surface area contributed by atoms with E-state index in [0.29, 0.717) is 43.6 Å². The van der Waals surface area contributed by atoms with Crippen LogP contribution in [0, 0.1) is 0 Å². The molecule has 2 heterocycles. The van der Waals surface area contributed by atoms with Crippen LogP contribution in [0.4, 0.5) is 19.0 Å². The number of nitrogens with one attached hydrogen (secondary N) is 3. The highest BCUT2D eigenvalue weighted by Gasteiger charge is 2.33. The average molecular weight is 492 g/mol. The number of carbonyl (C=O) groups excluding carboxylic acids is 2. The van der Waals surface area contributed by atoms with Gasteiger partial charge in [-0.1, -0.05) is 18.2 Å². The van der Waals surface area contributed by atoms with Gasteiger partial charge in [-0.25, -0.2) is 4.98 Å². The Labute approximate surface area is 200 Å². The molecule has 1 unspecified atom stereocenters. The molecule has 5 N–H and O–H groups in total. The number of rotatable bonds is 6. The summed E-state index contributed by atoms with van der Waals surface area (Å²) in [5.74, 6) is -0.609. The van der Waals surface area contributed by atoms with E-state index in [1.54, 1.807) is 19.1 Å². The van der Waals surface area contributed by atoms with Crippen molar-refractivity contribution in [3.63, 3.8) is 0 Å². The lowest BCUT2D eigenvalue weighted by Gasteiger charge is -2.31. The van der Waals surface area contributed by atoms with Crippen molar-refractivity contribution in [1.29, 1.82) is 0 Å². The summed E-state index contributed by atoms with van der Waals surface area (Å²) in [6, 6.07) is 7.87. The number of ether oxygens (including phenoxy) is 1. The van der Waals surface area contributed by atoms with Crippen LogP contribution in [0.1, 0.15) is 55.0 Å². The smallest absolute Gasteiger partial charge is 0.406 e. The van der Waals surface area contributed by atoms with Crippen LogP contribution < -0.4 is 26.4 Å². The number of alkyl halides is 3. The number of pyridine rings is 1. The van der Waals surface area contributed by atoms with Crippen LogP contribution >= 0.6 is 0 Å². The Kier molecular flexibility index (Phi) is 7.15. The van der Waals surface area contributed by atoms with E-state index in [9.17, 15) is 22.8 Å². The maximum absolute atomic E-state index is 12.9. The van der Waals surface area contributed by atoms with Crippen molar-refractivity contribution < 1.29 is 27.5 Å². The third-order valence-electron chi connectivity index (χ3n) is 6.43. The normalized spacial score (nSPS) is 22.7. The quantitative estimate of drug-likeness (QED) is 0.494. The number of nitrogens with zero attached hydrogens (tertiary/aromatic N) is 1. The second-order valence-corrected chi connectivity index (χ2v) is 8.95. The molecule has 11 heteroatoms. The summed E-state index contributed by atoms with van der Waals surface area (Å²) in [7, 11) is 0. The fraction of sp³-hybridized carbons (Fsp3) is 0.458. The van der Waals surface area contributed by atoms with Crippen LogP contribution in [-0.4, -0.2) is 41.8 Å². The predicted octanol–water partition coefficient (Wildman–Crippen LogP) is 2.71. The van der Waals surface area contributed by atoms with E-state index in [1.807, 2.05) is 6.07 Å². The minimum atomic E-state index is -4.77. The minimum absolute atomic E-state index is 0.122. The van der Waals surface area contributed by atoms with Gasteiger partial charge in [-0.2, -0.15) is 0 Å². The van der Waals surface area contributed by atoms with Crippen LogP contribution in [-0.2, 0) is 16.0 Å². The van der Waals surface area contributed by atoms with Crippen molar-refractivity contribution in [3.05, 3.63) is 53.2 Å². The molecule has 2 aliphatic rings. The third-order valence-corrected chi connectivity index (χ3v) is 6.43. The van der Waals surface area contributed by atoms with Crippen molar-refractivity contribution in [3.8, 4) is 5.75 Å². The van der Waals surface area contributed by atoms with Gasteiger partial charge in [0.1, 0.15) is 17.6 Å². The number of amides is 2. The van der Waals surface area contributed by atoms with Crippen molar-refractivity contribution in [2.24, 2.45) is 0 Å². The summed E-state index contributed by atoms with van der Waals surface area (Å²) in [6.45, 7) is 2.13. The second-order valence-electron chi connectivity index (χ2n) is 8.95. The van der Waals surface area contributed by atoms with Gasteiger partial charge in [-0.3, -0.25) is 9.59 Å². The number of nitrogens with two attached hydrogens (primary N) is 1. The Morgan fingerprint density at radius 2 is 2.03 bits per heavy atom. The van der Waals surface area contributed by atoms with Crippen LogP contribution in [0.25, 0.3) is 0 Å². The topological polar surface area (TPSA) is 118 Å². The lowest BCUT2D eigenvalue weighted by atomic mass is 9.86. The van der Waals surface area contributed by atoms with E-state index in [0.717, 1.165) is 11.3 Å². The highest BCUT2D eigenvalue weighted by molar-refractivity contribution is 5.89. The second kappa shape index (κ2) is 10.1. The molecule has 1 aromatic carbocycles. The highest BCUT2D eigenvalue weighted by Crippen LogP contribution is 2.32. The fourth-order valence-electron chi connectivity index (χ4n) is 4.69. The Balaban J connectivity index is 1.33. The van der Waals surface area contributed by atoms with E-state index in [-0.39, 0.29) is 29.5 Å². The minimum Gasteiger partial charge on any atom is -0.406 e. The zero-order valence-electron chi connectivity index (χ0n) is 19.2. The molecule has 2 aromatic rings. The molecular weight excluding hydrogens is 463 g/mol. The zero-order chi connectivity index (χ0) is 25.2. The lowest BCUT2D eigenvalue weighted by Crippen LogP contribution is -2.53. The summed E-state index contributed by atoms with van der Waals surface area (Å²) in [6.07, 6.45) is -2.29. The first-order valence-electron chi connectivity index (χ1n) is 11.5. The van der Waals surface area contributed by atoms with Gasteiger partial charge in [-0.15, -0.1) is 13.2 Å². The van der Waals surface area contributed by atoms with Crippen LogP contribution in [0.5, 0.6) is 5.75 Å². The van der Waals surface area contributed by atoms with Gasteiger partial charge in [0.05, 0.1) is 12.1 Å². The molecule has 0 bridgehead atoms. The number of piperidine rings is 1. The summed E-state index contributed by atoms with van der Waals surface area (Å²) in [4.78, 5) is 29.9. The van der Waals surface area contributed by atoms with Gasteiger partial charge in [0.25, 0.3) is 0 Å². The Morgan fingerprint density at radius 3 is 2.80 bits per heavy atom. The maximum atomic E-state index is 12.9. The largest absolute Gasteiger partial charge is 0.573 e. The van der Waals surface area contributed by atoms with Gasteiger partial charge >= 0.3 is 6.36 Å². The van der Waals surface area contributed by atoms with Crippen molar-refractivity contribution in [2.75, 3.05) is 12.3 Å². The molecule has 0 spiro atoms. The molecule has 2 amide bonds. The molecule has 4 atom stereocenters. The number of aromatic nitrogens is 1. The summed E-state index contributed by atoms with van der Waals surface area (Å²) in [5, 5.41) is 8.84. The number of hydrogen-bond donors (Lipinski definition) is 4. The third kappa shape index (κ3) is 6.21. The van der Waals surface area contributed by atoms with Crippen molar-refractivity contribution in [1.82, 2.24) is 20.9 Å². The fourth-order valence-corrected chi connectivity index (χ4v) is 4.69. The molecule has 1 fully saturated rings. The number of hydrogen-bond acceptors (Lipinski definition) is 6. The van der Waals surface area contributed by atoms with E-state index in [4.69, 9.17) is 5.73 Å². The first kappa shape index (κ1) is 24.8. The molecule has 1 aliphatic heterocycles. The summed E-state index contributed by atoms with van der Waals surface area (Å²) >= 11 is 0. The number of anilines is 1. The van der Waals surface area contributed by atoms with E-state index in [1.165, 1.54) is 18.2 Å². The van der Waals surface area contributed by atoms with Crippen molar-refractivity contribution >= 4 is 17.6 Å². The van der Waals surface area contributed by atoms with E-state index < -0.39 is 18.4 Å². The van der Waals surface area contributed by atoms with Crippen LogP contribution in [0.3, 0.4) is 0 Å². The number of fused-ring (bicyclic) bond motifs is 1. The molecule has 4 rings (SSSR count). The Bertz CT molecular complexity index is 1090. The molecule has 1 aromatic heterocycles. The SMILES string of the molecule is C[C@H](NC(=O)[C@H]1C[C@@H](c2cccc(OC(F)(F)F)c2)CCN1)C(=O)NC1CCc2nc(N)ccc21. The van der Waals surface area contributed by atoms with E-state index >= 15 is 0 Å². The number of carbonyl (C=O) groups is 2. The number of benzene rings is 1. The lowest BCUT2D eigenvalue weighted by molar-refractivity contribution is -0.274. The number of aryl methyl sites for hydroxylation is 1. The van der Waals surface area contributed by atoms with E-state index in [2.05, 4.69) is 25.7 Å². The van der Waals surface area contributed by atoms with Crippen LogP contribution in [0.2, 0.25) is 0 Å². The van der Waals surface area contributed by atoms with Gasteiger partial charge in [0.15, 0.2) is 0 Å². The molecule has 0 radical (unpaired) electrons. The highest BCUT2D eigenvalue weighted by atomic mass is 19.4. The zero-order valence-corrected chi connectivity index (χ0v) is 19.2. The van der Waals surface area contributed by atoms with Gasteiger partial charge in [0.2, 0.25) is 11.8 Å². The monoisotopic (exact) mass is 491 g/mol. The van der Waals surface area contributed by atoms with Crippen LogP contribution in [0.15, 0.2) is 36.4 Å². The Hall–Kier alpha value is -3.34. The molecule has 0 saturated carbocycles. The Morgan fingerprint density at radius 1 is 1.23 bits per heavy atom. The van der Waals surface area contributed by atoms with Gasteiger partial charge in [0, 0.05) is 5.69 Å². The molecule has 1 saturated heterocycles.